The molecule has 0 atom stereocenters. The summed E-state index contributed by atoms with van der Waals surface area (Å²) in [5.74, 6) is -0.694. The summed E-state index contributed by atoms with van der Waals surface area (Å²) in [4.78, 5) is 0. The smallest absolute Gasteiger partial charge is 0.449 e. The molecule has 0 aromatic heterocycles. The number of hydrogen-bond donors (Lipinski definition) is 0. The average molecular weight is 218 g/mol. The van der Waals surface area contributed by atoms with Gasteiger partial charge in [0.05, 0.1) is 0 Å². The van der Waals surface area contributed by atoms with Crippen LogP contribution in [-0.2, 0) is 0 Å². The Kier molecular flexibility index (Phi) is 5.08. The zero-order valence-corrected chi connectivity index (χ0v) is 11.9. The number of hydrogen-bond acceptors (Lipinski definition) is 0. The van der Waals surface area contributed by atoms with Gasteiger partial charge in [0.15, 0.2) is 0 Å². The molecular weight excluding hydrogens is 203 g/mol. The van der Waals surface area contributed by atoms with Crippen molar-refractivity contribution in [2.75, 3.05) is 0 Å². The van der Waals surface area contributed by atoms with Crippen molar-refractivity contribution in [3.63, 3.8) is 0 Å². The fourth-order valence-electron chi connectivity index (χ4n) is 1.68. The predicted octanol–water partition coefficient (Wildman–Crippen LogP) is 0.664. The van der Waals surface area contributed by atoms with E-state index in [2.05, 4.69) is 0 Å². The largest absolute Gasteiger partial charge is 1.00 e. The molecular formula is C8H15BF3K. The third-order valence-corrected chi connectivity index (χ3v) is 2.93. The molecule has 0 aromatic carbocycles. The quantitative estimate of drug-likeness (QED) is 0.567. The van der Waals surface area contributed by atoms with Crippen LogP contribution in [0.4, 0.5) is 12.9 Å². The zero-order chi connectivity index (χ0) is 9.57. The molecule has 1 saturated carbocycles. The minimum absolute atomic E-state index is 0. The van der Waals surface area contributed by atoms with Crippen LogP contribution in [0.5, 0.6) is 0 Å². The normalized spacial score (nSPS) is 29.1. The van der Waals surface area contributed by atoms with Crippen molar-refractivity contribution in [1.82, 2.24) is 0 Å². The van der Waals surface area contributed by atoms with E-state index in [1.54, 1.807) is 0 Å². The van der Waals surface area contributed by atoms with E-state index in [4.69, 9.17) is 0 Å². The Bertz CT molecular complexity index is 149. The van der Waals surface area contributed by atoms with E-state index >= 15 is 0 Å². The van der Waals surface area contributed by atoms with Gasteiger partial charge >= 0.3 is 58.4 Å². The van der Waals surface area contributed by atoms with E-state index in [1.165, 1.54) is 0 Å². The van der Waals surface area contributed by atoms with Crippen molar-refractivity contribution < 1.29 is 64.3 Å². The predicted molar refractivity (Wildman–Crippen MR) is 45.0 cm³/mol. The summed E-state index contributed by atoms with van der Waals surface area (Å²) in [5, 5.41) is 0. The van der Waals surface area contributed by atoms with Crippen LogP contribution in [0.15, 0.2) is 0 Å². The molecule has 1 rings (SSSR count). The summed E-state index contributed by atoms with van der Waals surface area (Å²) in [6.45, 7) is 1.47. The van der Waals surface area contributed by atoms with Crippen molar-refractivity contribution in [2.24, 2.45) is 11.3 Å². The molecule has 5 heteroatoms. The van der Waals surface area contributed by atoms with Crippen LogP contribution >= 0.6 is 0 Å². The molecule has 0 saturated heterocycles. The summed E-state index contributed by atoms with van der Waals surface area (Å²) >= 11 is 0. The van der Waals surface area contributed by atoms with Gasteiger partial charge in [0.2, 0.25) is 0 Å². The van der Waals surface area contributed by atoms with Crippen molar-refractivity contribution >= 4 is 6.98 Å². The zero-order valence-electron chi connectivity index (χ0n) is 8.78. The molecule has 0 amide bonds. The maximum atomic E-state index is 12.1. The van der Waals surface area contributed by atoms with Crippen LogP contribution in [-0.4, -0.2) is 6.98 Å². The van der Waals surface area contributed by atoms with Gasteiger partial charge in [0.25, 0.3) is 0 Å². The van der Waals surface area contributed by atoms with E-state index in [1.807, 2.05) is 20.8 Å². The molecule has 13 heavy (non-hydrogen) atoms. The SMILES string of the molecule is CC(C)(C)C1CC([B-](F)(F)F)C1.[K+]. The third kappa shape index (κ3) is 3.86. The maximum absolute atomic E-state index is 12.1. The number of halogens is 3. The standard InChI is InChI=1S/C8H15BF3.K/c1-8(2,3)6-4-7(5-6)9(10,11)12;/h6-7H,4-5H2,1-3H3;/q-1;+1. The van der Waals surface area contributed by atoms with Gasteiger partial charge < -0.3 is 12.9 Å². The molecule has 0 radical (unpaired) electrons. The van der Waals surface area contributed by atoms with Crippen LogP contribution in [0.2, 0.25) is 5.82 Å². The van der Waals surface area contributed by atoms with E-state index < -0.39 is 12.8 Å². The molecule has 0 N–H and O–H groups in total. The second-order valence-electron chi connectivity index (χ2n) is 4.92. The second kappa shape index (κ2) is 4.56. The summed E-state index contributed by atoms with van der Waals surface area (Å²) < 4.78 is 36.4. The summed E-state index contributed by atoms with van der Waals surface area (Å²) in [6, 6.07) is 0. The van der Waals surface area contributed by atoms with Crippen LogP contribution in [0.3, 0.4) is 0 Å². The van der Waals surface area contributed by atoms with Gasteiger partial charge in [-0.1, -0.05) is 39.4 Å². The van der Waals surface area contributed by atoms with Gasteiger partial charge in [0, 0.05) is 0 Å². The minimum atomic E-state index is -4.56. The molecule has 0 nitrogen and oxygen atoms in total. The molecule has 0 bridgehead atoms. The van der Waals surface area contributed by atoms with E-state index in [-0.39, 0.29) is 62.7 Å². The molecule has 1 aliphatic rings. The Morgan fingerprint density at radius 1 is 1.08 bits per heavy atom. The third-order valence-electron chi connectivity index (χ3n) is 2.93. The Hall–Kier alpha value is 1.49. The maximum Gasteiger partial charge on any atom is 1.00 e. The van der Waals surface area contributed by atoms with Gasteiger partial charge in [-0.3, -0.25) is 0 Å². The van der Waals surface area contributed by atoms with Gasteiger partial charge in [-0.15, -0.1) is 0 Å². The Morgan fingerprint density at radius 2 is 1.46 bits per heavy atom. The van der Waals surface area contributed by atoms with E-state index in [0.29, 0.717) is 12.8 Å². The van der Waals surface area contributed by atoms with Gasteiger partial charge in [-0.25, -0.2) is 0 Å². The Labute approximate surface area is 121 Å². The number of rotatable bonds is 1. The summed E-state index contributed by atoms with van der Waals surface area (Å²) in [5.41, 5.74) is 0.0534. The molecule has 0 spiro atoms. The van der Waals surface area contributed by atoms with Crippen LogP contribution < -0.4 is 51.4 Å². The topological polar surface area (TPSA) is 0 Å². The minimum Gasteiger partial charge on any atom is -0.449 e. The Balaban J connectivity index is 0.00000144. The first kappa shape index (κ1) is 14.5. The molecule has 0 unspecified atom stereocenters. The first-order chi connectivity index (χ1) is 5.21. The van der Waals surface area contributed by atoms with Crippen LogP contribution in [0.1, 0.15) is 33.6 Å². The monoisotopic (exact) mass is 218 g/mol. The first-order valence-electron chi connectivity index (χ1n) is 4.41. The van der Waals surface area contributed by atoms with E-state index in [9.17, 15) is 12.9 Å². The molecule has 0 heterocycles. The molecule has 0 aromatic rings. The van der Waals surface area contributed by atoms with Gasteiger partial charge in [-0.2, -0.15) is 0 Å². The summed E-state index contributed by atoms with van der Waals surface area (Å²) in [7, 11) is 0. The Morgan fingerprint density at radius 3 is 1.69 bits per heavy atom. The molecule has 1 aliphatic carbocycles. The van der Waals surface area contributed by atoms with Crippen molar-refractivity contribution in [2.45, 2.75) is 39.4 Å². The summed E-state index contributed by atoms with van der Waals surface area (Å²) in [6.07, 6.45) is 0.708. The van der Waals surface area contributed by atoms with Crippen LogP contribution in [0.25, 0.3) is 0 Å². The molecule has 0 aliphatic heterocycles. The molecule has 1 fully saturated rings. The van der Waals surface area contributed by atoms with Crippen molar-refractivity contribution in [3.05, 3.63) is 0 Å². The van der Waals surface area contributed by atoms with Gasteiger partial charge in [0.1, 0.15) is 0 Å². The second-order valence-corrected chi connectivity index (χ2v) is 4.92. The molecule has 72 valence electrons. The van der Waals surface area contributed by atoms with Crippen molar-refractivity contribution in [3.8, 4) is 0 Å². The van der Waals surface area contributed by atoms with E-state index in [0.717, 1.165) is 0 Å². The van der Waals surface area contributed by atoms with Gasteiger partial charge in [-0.05, 0) is 11.3 Å². The average Bonchev–Trinajstić information content (AvgIpc) is 1.46. The fourth-order valence-corrected chi connectivity index (χ4v) is 1.68. The van der Waals surface area contributed by atoms with Crippen LogP contribution in [0, 0.1) is 11.3 Å². The fraction of sp³-hybridized carbons (Fsp3) is 1.00. The first-order valence-corrected chi connectivity index (χ1v) is 4.41. The van der Waals surface area contributed by atoms with Crippen molar-refractivity contribution in [1.29, 1.82) is 0 Å².